The number of esters is 1. The van der Waals surface area contributed by atoms with Gasteiger partial charge in [-0.3, -0.25) is 0 Å². The van der Waals surface area contributed by atoms with Crippen LogP contribution in [0.25, 0.3) is 0 Å². The van der Waals surface area contributed by atoms with E-state index in [0.717, 1.165) is 0 Å². The molecule has 0 aromatic heterocycles. The first kappa shape index (κ1) is 11.4. The minimum atomic E-state index is -0.910. The summed E-state index contributed by atoms with van der Waals surface area (Å²) in [6, 6.07) is 0. The SMILES string of the molecule is CCC(C)(N)C(=O)OC(C)OC. The van der Waals surface area contributed by atoms with Gasteiger partial charge in [0.2, 0.25) is 0 Å². The molecule has 2 N–H and O–H groups in total. The summed E-state index contributed by atoms with van der Waals surface area (Å²) in [6.45, 7) is 5.11. The van der Waals surface area contributed by atoms with E-state index in [1.165, 1.54) is 7.11 Å². The fourth-order valence-corrected chi connectivity index (χ4v) is 0.478. The number of carbonyl (C=O) groups excluding carboxylic acids is 1. The third-order valence-electron chi connectivity index (χ3n) is 1.81. The zero-order chi connectivity index (χ0) is 9.78. The van der Waals surface area contributed by atoms with Gasteiger partial charge in [0, 0.05) is 7.11 Å². The largest absolute Gasteiger partial charge is 0.435 e. The molecule has 0 rings (SSSR count). The number of carbonyl (C=O) groups is 1. The van der Waals surface area contributed by atoms with Gasteiger partial charge in [0.1, 0.15) is 5.54 Å². The van der Waals surface area contributed by atoms with E-state index >= 15 is 0 Å². The highest BCUT2D eigenvalue weighted by molar-refractivity contribution is 5.79. The molecule has 0 saturated heterocycles. The quantitative estimate of drug-likeness (QED) is 0.503. The van der Waals surface area contributed by atoms with Crippen molar-refractivity contribution in [3.05, 3.63) is 0 Å². The van der Waals surface area contributed by atoms with Crippen molar-refractivity contribution in [2.45, 2.75) is 39.0 Å². The number of hydrogen-bond acceptors (Lipinski definition) is 4. The molecule has 4 heteroatoms. The monoisotopic (exact) mass is 175 g/mol. The summed E-state index contributed by atoms with van der Waals surface area (Å²) in [5, 5.41) is 0. The first-order valence-corrected chi connectivity index (χ1v) is 3.96. The van der Waals surface area contributed by atoms with E-state index in [0.29, 0.717) is 6.42 Å². The number of rotatable bonds is 4. The average molecular weight is 175 g/mol. The highest BCUT2D eigenvalue weighted by Gasteiger charge is 2.29. The van der Waals surface area contributed by atoms with E-state index in [-0.39, 0.29) is 0 Å². The summed E-state index contributed by atoms with van der Waals surface area (Å²) in [7, 11) is 1.47. The van der Waals surface area contributed by atoms with Crippen LogP contribution in [0.2, 0.25) is 0 Å². The maximum absolute atomic E-state index is 11.2. The van der Waals surface area contributed by atoms with Gasteiger partial charge >= 0.3 is 5.97 Å². The van der Waals surface area contributed by atoms with Crippen molar-refractivity contribution in [2.75, 3.05) is 7.11 Å². The summed E-state index contributed by atoms with van der Waals surface area (Å²) >= 11 is 0. The summed E-state index contributed by atoms with van der Waals surface area (Å²) in [5.41, 5.74) is 4.72. The second-order valence-electron chi connectivity index (χ2n) is 2.98. The van der Waals surface area contributed by atoms with Gasteiger partial charge < -0.3 is 15.2 Å². The van der Waals surface area contributed by atoms with E-state index in [1.807, 2.05) is 6.92 Å². The van der Waals surface area contributed by atoms with Crippen molar-refractivity contribution >= 4 is 5.97 Å². The molecule has 4 nitrogen and oxygen atoms in total. The van der Waals surface area contributed by atoms with Gasteiger partial charge in [-0.05, 0) is 20.3 Å². The van der Waals surface area contributed by atoms with Crippen LogP contribution in [0.3, 0.4) is 0 Å². The first-order chi connectivity index (χ1) is 5.44. The Kier molecular flexibility index (Phi) is 4.20. The molecule has 0 amide bonds. The maximum Gasteiger partial charge on any atom is 0.328 e. The van der Waals surface area contributed by atoms with E-state index in [4.69, 9.17) is 15.2 Å². The molecule has 0 radical (unpaired) electrons. The average Bonchev–Trinajstić information content (AvgIpc) is 2.04. The molecule has 2 unspecified atom stereocenters. The predicted octanol–water partition coefficient (Wildman–Crippen LogP) is 0.649. The molecule has 0 aliphatic carbocycles. The molecular formula is C8H17NO3. The normalized spacial score (nSPS) is 18.1. The van der Waals surface area contributed by atoms with Crippen LogP contribution in [-0.2, 0) is 14.3 Å². The van der Waals surface area contributed by atoms with Gasteiger partial charge in [-0.1, -0.05) is 6.92 Å². The molecular weight excluding hydrogens is 158 g/mol. The summed E-state index contributed by atoms with van der Waals surface area (Å²) in [4.78, 5) is 11.2. The third-order valence-corrected chi connectivity index (χ3v) is 1.81. The zero-order valence-corrected chi connectivity index (χ0v) is 8.09. The fraction of sp³-hybridized carbons (Fsp3) is 0.875. The van der Waals surface area contributed by atoms with Crippen molar-refractivity contribution in [2.24, 2.45) is 5.73 Å². The summed E-state index contributed by atoms with van der Waals surface area (Å²) < 4.78 is 9.63. The Bertz CT molecular complexity index is 156. The van der Waals surface area contributed by atoms with Crippen molar-refractivity contribution in [1.29, 1.82) is 0 Å². The lowest BCUT2D eigenvalue weighted by molar-refractivity contribution is -0.175. The minimum Gasteiger partial charge on any atom is -0.435 e. The maximum atomic E-state index is 11.2. The molecule has 0 aliphatic heterocycles. The first-order valence-electron chi connectivity index (χ1n) is 3.96. The highest BCUT2D eigenvalue weighted by Crippen LogP contribution is 2.08. The molecule has 0 bridgehead atoms. The smallest absolute Gasteiger partial charge is 0.328 e. The lowest BCUT2D eigenvalue weighted by Gasteiger charge is -2.22. The number of hydrogen-bond donors (Lipinski definition) is 1. The van der Waals surface area contributed by atoms with Gasteiger partial charge in [0.05, 0.1) is 0 Å². The van der Waals surface area contributed by atoms with Crippen LogP contribution in [0.4, 0.5) is 0 Å². The second kappa shape index (κ2) is 4.42. The van der Waals surface area contributed by atoms with E-state index in [2.05, 4.69) is 0 Å². The van der Waals surface area contributed by atoms with Gasteiger partial charge in [0.15, 0.2) is 6.29 Å². The Balaban J connectivity index is 4.03. The lowest BCUT2D eigenvalue weighted by Crippen LogP contribution is -2.46. The Morgan fingerprint density at radius 3 is 2.50 bits per heavy atom. The Morgan fingerprint density at radius 2 is 2.17 bits per heavy atom. The zero-order valence-electron chi connectivity index (χ0n) is 8.09. The highest BCUT2D eigenvalue weighted by atomic mass is 16.7. The molecule has 0 aromatic carbocycles. The van der Waals surface area contributed by atoms with Crippen molar-refractivity contribution in [3.63, 3.8) is 0 Å². The Labute approximate surface area is 73.0 Å². The van der Waals surface area contributed by atoms with Crippen LogP contribution in [-0.4, -0.2) is 24.9 Å². The van der Waals surface area contributed by atoms with Crippen molar-refractivity contribution in [1.82, 2.24) is 0 Å². The van der Waals surface area contributed by atoms with Crippen molar-refractivity contribution < 1.29 is 14.3 Å². The molecule has 2 atom stereocenters. The minimum absolute atomic E-state index is 0.431. The second-order valence-corrected chi connectivity index (χ2v) is 2.98. The summed E-state index contributed by atoms with van der Waals surface area (Å²) in [6.07, 6.45) is 0.00866. The number of nitrogens with two attached hydrogens (primary N) is 1. The van der Waals surface area contributed by atoms with Crippen LogP contribution < -0.4 is 5.73 Å². The van der Waals surface area contributed by atoms with Gasteiger partial charge in [-0.25, -0.2) is 4.79 Å². The van der Waals surface area contributed by atoms with Crippen LogP contribution in [0, 0.1) is 0 Å². The van der Waals surface area contributed by atoms with Crippen LogP contribution in [0.15, 0.2) is 0 Å². The van der Waals surface area contributed by atoms with Crippen LogP contribution in [0.5, 0.6) is 0 Å². The van der Waals surface area contributed by atoms with Gasteiger partial charge in [-0.2, -0.15) is 0 Å². The van der Waals surface area contributed by atoms with Crippen LogP contribution >= 0.6 is 0 Å². The molecule has 0 heterocycles. The van der Waals surface area contributed by atoms with E-state index in [9.17, 15) is 4.79 Å². The summed E-state index contributed by atoms with van der Waals surface area (Å²) in [5.74, 6) is -0.431. The predicted molar refractivity (Wildman–Crippen MR) is 45.4 cm³/mol. The van der Waals surface area contributed by atoms with Crippen molar-refractivity contribution in [3.8, 4) is 0 Å². The molecule has 0 fully saturated rings. The van der Waals surface area contributed by atoms with Gasteiger partial charge in [0.25, 0.3) is 0 Å². The molecule has 0 aliphatic rings. The fourth-order valence-electron chi connectivity index (χ4n) is 0.478. The lowest BCUT2D eigenvalue weighted by atomic mass is 10.0. The van der Waals surface area contributed by atoms with E-state index < -0.39 is 17.8 Å². The molecule has 12 heavy (non-hydrogen) atoms. The standard InChI is InChI=1S/C8H17NO3/c1-5-8(3,9)7(10)12-6(2)11-4/h6H,5,9H2,1-4H3. The Hall–Kier alpha value is -0.610. The molecule has 0 saturated carbocycles. The Morgan fingerprint density at radius 1 is 1.67 bits per heavy atom. The number of methoxy groups -OCH3 is 1. The molecule has 0 aromatic rings. The number of ether oxygens (including phenoxy) is 2. The molecule has 72 valence electrons. The molecule has 0 spiro atoms. The van der Waals surface area contributed by atoms with Gasteiger partial charge in [-0.15, -0.1) is 0 Å². The van der Waals surface area contributed by atoms with E-state index in [1.54, 1.807) is 13.8 Å². The third kappa shape index (κ3) is 3.19. The topological polar surface area (TPSA) is 61.6 Å². The van der Waals surface area contributed by atoms with Crippen LogP contribution in [0.1, 0.15) is 27.2 Å².